The van der Waals surface area contributed by atoms with Crippen LogP contribution in [0.1, 0.15) is 21.5 Å². The molecule has 0 amide bonds. The van der Waals surface area contributed by atoms with Gasteiger partial charge in [0.15, 0.2) is 5.78 Å². The van der Waals surface area contributed by atoms with Gasteiger partial charge in [0.05, 0.1) is 5.71 Å². The Morgan fingerprint density at radius 3 is 2.54 bits per heavy atom. The highest BCUT2D eigenvalue weighted by Crippen LogP contribution is 2.17. The molecule has 0 aliphatic carbocycles. The SMILES string of the molecule is CNCCN(C)CC1CNN=C1c1ccc(C(=O)c2ccccc2)cc1. The molecule has 26 heavy (non-hydrogen) atoms. The molecule has 0 radical (unpaired) electrons. The third-order valence-corrected chi connectivity index (χ3v) is 4.68. The predicted molar refractivity (Wildman–Crippen MR) is 106 cm³/mol. The third kappa shape index (κ3) is 4.36. The van der Waals surface area contributed by atoms with Crippen molar-refractivity contribution in [3.05, 3.63) is 71.3 Å². The minimum Gasteiger partial charge on any atom is -0.318 e. The predicted octanol–water partition coefficient (Wildman–Crippen LogP) is 1.99. The smallest absolute Gasteiger partial charge is 0.193 e. The maximum atomic E-state index is 12.5. The standard InChI is InChI=1S/C21H26N4O/c1-22-12-13-25(2)15-19-14-23-24-20(19)16-8-10-18(11-9-16)21(26)17-6-4-3-5-7-17/h3-11,19,22-23H,12-15H2,1-2H3. The molecule has 0 spiro atoms. The Kier molecular flexibility index (Phi) is 6.15. The molecule has 0 fully saturated rings. The maximum absolute atomic E-state index is 12.5. The van der Waals surface area contributed by atoms with E-state index in [1.54, 1.807) is 0 Å². The fourth-order valence-corrected chi connectivity index (χ4v) is 3.20. The third-order valence-electron chi connectivity index (χ3n) is 4.68. The van der Waals surface area contributed by atoms with Gasteiger partial charge >= 0.3 is 0 Å². The van der Waals surface area contributed by atoms with Gasteiger partial charge in [0.25, 0.3) is 0 Å². The first-order chi connectivity index (χ1) is 12.7. The van der Waals surface area contributed by atoms with Crippen molar-refractivity contribution in [3.63, 3.8) is 0 Å². The summed E-state index contributed by atoms with van der Waals surface area (Å²) in [5.74, 6) is 0.402. The zero-order chi connectivity index (χ0) is 18.4. The monoisotopic (exact) mass is 350 g/mol. The summed E-state index contributed by atoms with van der Waals surface area (Å²) in [5, 5.41) is 7.67. The summed E-state index contributed by atoms with van der Waals surface area (Å²) in [4.78, 5) is 14.9. The van der Waals surface area contributed by atoms with Crippen LogP contribution in [0.15, 0.2) is 59.7 Å². The van der Waals surface area contributed by atoms with Crippen molar-refractivity contribution in [3.8, 4) is 0 Å². The number of carbonyl (C=O) groups is 1. The number of hydrazone groups is 1. The average Bonchev–Trinajstić information content (AvgIpc) is 3.14. The molecule has 3 rings (SSSR count). The number of carbonyl (C=O) groups excluding carboxylic acids is 1. The largest absolute Gasteiger partial charge is 0.318 e. The molecule has 1 aliphatic rings. The Morgan fingerprint density at radius 2 is 1.85 bits per heavy atom. The lowest BCUT2D eigenvalue weighted by molar-refractivity contribution is 0.103. The van der Waals surface area contributed by atoms with E-state index in [0.717, 1.165) is 37.5 Å². The Hall–Kier alpha value is -2.50. The quantitative estimate of drug-likeness (QED) is 0.715. The van der Waals surface area contributed by atoms with E-state index in [2.05, 4.69) is 27.8 Å². The molecule has 0 aromatic heterocycles. The van der Waals surface area contributed by atoms with Crippen LogP contribution >= 0.6 is 0 Å². The van der Waals surface area contributed by atoms with Crippen LogP contribution in [0.4, 0.5) is 0 Å². The van der Waals surface area contributed by atoms with Gasteiger partial charge in [-0.25, -0.2) is 0 Å². The van der Waals surface area contributed by atoms with Gasteiger partial charge in [0.1, 0.15) is 0 Å². The molecule has 5 nitrogen and oxygen atoms in total. The molecule has 2 N–H and O–H groups in total. The molecule has 1 unspecified atom stereocenters. The lowest BCUT2D eigenvalue weighted by atomic mass is 9.95. The number of benzene rings is 2. The summed E-state index contributed by atoms with van der Waals surface area (Å²) in [6.45, 7) is 3.78. The number of likely N-dealkylation sites (N-methyl/N-ethyl adjacent to an activating group) is 2. The van der Waals surface area contributed by atoms with Crippen molar-refractivity contribution in [2.24, 2.45) is 11.0 Å². The normalized spacial score (nSPS) is 16.4. The molecule has 0 saturated carbocycles. The summed E-state index contributed by atoms with van der Waals surface area (Å²) in [6.07, 6.45) is 0. The van der Waals surface area contributed by atoms with Gasteiger partial charge in [-0.2, -0.15) is 5.10 Å². The highest BCUT2D eigenvalue weighted by Gasteiger charge is 2.24. The first kappa shape index (κ1) is 18.3. The number of ketones is 1. The van der Waals surface area contributed by atoms with Crippen LogP contribution in [-0.2, 0) is 0 Å². The Morgan fingerprint density at radius 1 is 1.15 bits per heavy atom. The molecular formula is C21H26N4O. The Bertz CT molecular complexity index is 755. The second-order valence-electron chi connectivity index (χ2n) is 6.69. The van der Waals surface area contributed by atoms with Crippen molar-refractivity contribution in [2.75, 3.05) is 40.3 Å². The second kappa shape index (κ2) is 8.74. The molecule has 5 heteroatoms. The fraction of sp³-hybridized carbons (Fsp3) is 0.333. The first-order valence-electron chi connectivity index (χ1n) is 9.03. The Balaban J connectivity index is 1.69. The molecule has 1 heterocycles. The van der Waals surface area contributed by atoms with E-state index in [1.807, 2.05) is 61.6 Å². The lowest BCUT2D eigenvalue weighted by Crippen LogP contribution is -2.35. The number of rotatable bonds is 8. The van der Waals surface area contributed by atoms with Crippen LogP contribution in [0.2, 0.25) is 0 Å². The van der Waals surface area contributed by atoms with Crippen LogP contribution in [0, 0.1) is 5.92 Å². The summed E-state index contributed by atoms with van der Waals surface area (Å²) in [5.41, 5.74) is 6.68. The second-order valence-corrected chi connectivity index (χ2v) is 6.69. The van der Waals surface area contributed by atoms with Crippen LogP contribution < -0.4 is 10.7 Å². The van der Waals surface area contributed by atoms with Crippen molar-refractivity contribution < 1.29 is 4.79 Å². The average molecular weight is 350 g/mol. The summed E-state index contributed by atoms with van der Waals surface area (Å²) < 4.78 is 0. The van der Waals surface area contributed by atoms with Crippen LogP contribution in [0.3, 0.4) is 0 Å². The highest BCUT2D eigenvalue weighted by atomic mass is 16.1. The van der Waals surface area contributed by atoms with Crippen LogP contribution in [0.25, 0.3) is 0 Å². The van der Waals surface area contributed by atoms with E-state index in [1.165, 1.54) is 0 Å². The van der Waals surface area contributed by atoms with Gasteiger partial charge in [-0.1, -0.05) is 54.6 Å². The van der Waals surface area contributed by atoms with E-state index >= 15 is 0 Å². The van der Waals surface area contributed by atoms with E-state index in [4.69, 9.17) is 0 Å². The fourth-order valence-electron chi connectivity index (χ4n) is 3.20. The number of nitrogens with zero attached hydrogens (tertiary/aromatic N) is 2. The molecule has 1 atom stereocenters. The zero-order valence-electron chi connectivity index (χ0n) is 15.4. The summed E-state index contributed by atoms with van der Waals surface area (Å²) in [6, 6.07) is 17.2. The minimum absolute atomic E-state index is 0.0481. The van der Waals surface area contributed by atoms with Gasteiger partial charge in [-0.3, -0.25) is 4.79 Å². The van der Waals surface area contributed by atoms with Crippen molar-refractivity contribution in [2.45, 2.75) is 0 Å². The van der Waals surface area contributed by atoms with Crippen LogP contribution in [0.5, 0.6) is 0 Å². The molecule has 0 saturated heterocycles. The van der Waals surface area contributed by atoms with Gasteiger partial charge in [-0.05, 0) is 19.7 Å². The van der Waals surface area contributed by atoms with E-state index < -0.39 is 0 Å². The van der Waals surface area contributed by atoms with Crippen LogP contribution in [-0.4, -0.2) is 56.7 Å². The molecule has 0 bridgehead atoms. The molecule has 2 aromatic carbocycles. The van der Waals surface area contributed by atoms with Crippen molar-refractivity contribution in [1.29, 1.82) is 0 Å². The summed E-state index contributed by atoms with van der Waals surface area (Å²) in [7, 11) is 4.10. The van der Waals surface area contributed by atoms with Gasteiger partial charge in [0, 0.05) is 43.2 Å². The minimum atomic E-state index is 0.0481. The summed E-state index contributed by atoms with van der Waals surface area (Å²) >= 11 is 0. The number of hydrogen-bond donors (Lipinski definition) is 2. The first-order valence-corrected chi connectivity index (χ1v) is 9.03. The number of hydrogen-bond acceptors (Lipinski definition) is 5. The molecule has 1 aliphatic heterocycles. The molecular weight excluding hydrogens is 324 g/mol. The van der Waals surface area contributed by atoms with E-state index in [0.29, 0.717) is 17.0 Å². The zero-order valence-corrected chi connectivity index (χ0v) is 15.4. The van der Waals surface area contributed by atoms with E-state index in [9.17, 15) is 4.79 Å². The van der Waals surface area contributed by atoms with Gasteiger partial charge in [0.2, 0.25) is 0 Å². The molecule has 136 valence electrons. The maximum Gasteiger partial charge on any atom is 0.193 e. The van der Waals surface area contributed by atoms with Gasteiger partial charge < -0.3 is 15.6 Å². The Labute approximate surface area is 155 Å². The van der Waals surface area contributed by atoms with Gasteiger partial charge in [-0.15, -0.1) is 0 Å². The van der Waals surface area contributed by atoms with Crippen molar-refractivity contribution in [1.82, 2.24) is 15.6 Å². The van der Waals surface area contributed by atoms with E-state index in [-0.39, 0.29) is 5.78 Å². The topological polar surface area (TPSA) is 56.7 Å². The number of nitrogens with one attached hydrogen (secondary N) is 2. The lowest BCUT2D eigenvalue weighted by Gasteiger charge is -2.21. The van der Waals surface area contributed by atoms with Crippen molar-refractivity contribution >= 4 is 11.5 Å². The molecule has 2 aromatic rings. The highest BCUT2D eigenvalue weighted by molar-refractivity contribution is 6.10.